The molecule has 1 aliphatic heterocycles. The van der Waals surface area contributed by atoms with E-state index in [4.69, 9.17) is 10.5 Å². The summed E-state index contributed by atoms with van der Waals surface area (Å²) in [5.41, 5.74) is 6.70. The van der Waals surface area contributed by atoms with E-state index in [0.717, 1.165) is 6.42 Å². The smallest absolute Gasteiger partial charge is 0.336 e. The maximum Gasteiger partial charge on any atom is 0.336 e. The summed E-state index contributed by atoms with van der Waals surface area (Å²) < 4.78 is 4.96. The summed E-state index contributed by atoms with van der Waals surface area (Å²) in [6.45, 7) is 3.69. The molecule has 0 bridgehead atoms. The van der Waals surface area contributed by atoms with Crippen LogP contribution in [0.3, 0.4) is 0 Å². The van der Waals surface area contributed by atoms with E-state index in [9.17, 15) is 4.79 Å². The maximum absolute atomic E-state index is 11.0. The van der Waals surface area contributed by atoms with Crippen molar-refractivity contribution in [3.05, 3.63) is 23.4 Å². The largest absolute Gasteiger partial charge is 0.448 e. The van der Waals surface area contributed by atoms with Gasteiger partial charge >= 0.3 is 5.97 Å². The van der Waals surface area contributed by atoms with Crippen molar-refractivity contribution in [3.63, 3.8) is 0 Å². The van der Waals surface area contributed by atoms with E-state index in [1.165, 1.54) is 0 Å². The van der Waals surface area contributed by atoms with E-state index >= 15 is 0 Å². The Labute approximate surface area is 71.9 Å². The van der Waals surface area contributed by atoms with Crippen molar-refractivity contribution in [3.8, 4) is 0 Å². The highest BCUT2D eigenvalue weighted by Gasteiger charge is 2.26. The van der Waals surface area contributed by atoms with Crippen molar-refractivity contribution in [1.82, 2.24) is 0 Å². The molecule has 3 nitrogen and oxygen atoms in total. The van der Waals surface area contributed by atoms with Gasteiger partial charge in [-0.1, -0.05) is 13.0 Å². The van der Waals surface area contributed by atoms with Crippen molar-refractivity contribution < 1.29 is 9.53 Å². The van der Waals surface area contributed by atoms with Crippen molar-refractivity contribution in [2.75, 3.05) is 0 Å². The number of ether oxygens (including phenoxy) is 1. The lowest BCUT2D eigenvalue weighted by molar-refractivity contribution is -0.138. The molecule has 1 rings (SSSR count). The predicted octanol–water partition coefficient (Wildman–Crippen LogP) is 1.11. The van der Waals surface area contributed by atoms with Crippen LogP contribution in [0, 0.1) is 0 Å². The Morgan fingerprint density at radius 1 is 1.67 bits per heavy atom. The highest BCUT2D eigenvalue weighted by molar-refractivity contribution is 5.91. The van der Waals surface area contributed by atoms with Gasteiger partial charge in [0.25, 0.3) is 0 Å². The van der Waals surface area contributed by atoms with Gasteiger partial charge in [-0.05, 0) is 19.4 Å². The molecule has 0 aromatic rings. The number of esters is 1. The Hall–Kier alpha value is -1.25. The maximum atomic E-state index is 11.0. The quantitative estimate of drug-likeness (QED) is 0.495. The first-order chi connectivity index (χ1) is 5.66. The van der Waals surface area contributed by atoms with E-state index < -0.39 is 0 Å². The molecule has 0 radical (unpaired) electrons. The minimum Gasteiger partial charge on any atom is -0.448 e. The summed E-state index contributed by atoms with van der Waals surface area (Å²) in [6, 6.07) is 0. The SMILES string of the molecule is CC/C=C/C1OC(=O)C(C)=C1N. The van der Waals surface area contributed by atoms with E-state index in [1.54, 1.807) is 6.92 Å². The van der Waals surface area contributed by atoms with Crippen molar-refractivity contribution in [2.45, 2.75) is 26.4 Å². The summed E-state index contributed by atoms with van der Waals surface area (Å²) in [6.07, 6.45) is 4.32. The molecule has 2 N–H and O–H groups in total. The van der Waals surface area contributed by atoms with Gasteiger partial charge in [-0.15, -0.1) is 0 Å². The third kappa shape index (κ3) is 1.49. The molecule has 0 aromatic carbocycles. The van der Waals surface area contributed by atoms with E-state index in [1.807, 2.05) is 19.1 Å². The molecule has 1 unspecified atom stereocenters. The van der Waals surface area contributed by atoms with Crippen LogP contribution >= 0.6 is 0 Å². The number of hydrogen-bond donors (Lipinski definition) is 1. The molecule has 0 saturated heterocycles. The second-order valence-corrected chi connectivity index (χ2v) is 2.74. The van der Waals surface area contributed by atoms with Gasteiger partial charge < -0.3 is 10.5 Å². The average molecular weight is 167 g/mol. The molecule has 3 heteroatoms. The average Bonchev–Trinajstić information content (AvgIpc) is 2.30. The van der Waals surface area contributed by atoms with Crippen LogP contribution in [-0.4, -0.2) is 12.1 Å². The standard InChI is InChI=1S/C9H13NO2/c1-3-4-5-7-8(10)6(2)9(11)12-7/h4-5,7H,3,10H2,1-2H3/b5-4+. The molecular formula is C9H13NO2. The Kier molecular flexibility index (Phi) is 2.53. The molecule has 0 amide bonds. The number of nitrogens with two attached hydrogens (primary N) is 1. The van der Waals surface area contributed by atoms with Crippen molar-refractivity contribution in [2.24, 2.45) is 5.73 Å². The first-order valence-corrected chi connectivity index (χ1v) is 4.00. The second-order valence-electron chi connectivity index (χ2n) is 2.74. The van der Waals surface area contributed by atoms with Gasteiger partial charge in [0.05, 0.1) is 11.3 Å². The molecular weight excluding hydrogens is 154 g/mol. The Bertz CT molecular complexity index is 253. The topological polar surface area (TPSA) is 52.3 Å². The number of carbonyl (C=O) groups is 1. The van der Waals surface area contributed by atoms with Crippen LogP contribution in [0.1, 0.15) is 20.3 Å². The Morgan fingerprint density at radius 3 is 2.75 bits per heavy atom. The normalized spacial score (nSPS) is 23.8. The van der Waals surface area contributed by atoms with Gasteiger partial charge in [-0.3, -0.25) is 0 Å². The van der Waals surface area contributed by atoms with Crippen LogP contribution in [0.2, 0.25) is 0 Å². The molecule has 0 saturated carbocycles. The third-order valence-electron chi connectivity index (χ3n) is 1.83. The fourth-order valence-corrected chi connectivity index (χ4v) is 1.00. The summed E-state index contributed by atoms with van der Waals surface area (Å²) in [5, 5.41) is 0. The summed E-state index contributed by atoms with van der Waals surface area (Å²) in [4.78, 5) is 11.0. The zero-order valence-corrected chi connectivity index (χ0v) is 7.33. The Morgan fingerprint density at radius 2 is 2.33 bits per heavy atom. The van der Waals surface area contributed by atoms with Crippen LogP contribution in [-0.2, 0) is 9.53 Å². The highest BCUT2D eigenvalue weighted by Crippen LogP contribution is 2.18. The van der Waals surface area contributed by atoms with Crippen LogP contribution in [0.5, 0.6) is 0 Å². The van der Waals surface area contributed by atoms with Gasteiger partial charge in [-0.2, -0.15) is 0 Å². The third-order valence-corrected chi connectivity index (χ3v) is 1.83. The van der Waals surface area contributed by atoms with Gasteiger partial charge in [0.1, 0.15) is 0 Å². The van der Waals surface area contributed by atoms with Crippen LogP contribution in [0.25, 0.3) is 0 Å². The second kappa shape index (κ2) is 3.43. The molecule has 1 atom stereocenters. The number of rotatable bonds is 2. The molecule has 0 aliphatic carbocycles. The monoisotopic (exact) mass is 167 g/mol. The lowest BCUT2D eigenvalue weighted by atomic mass is 10.2. The van der Waals surface area contributed by atoms with Gasteiger partial charge in [0, 0.05) is 0 Å². The molecule has 0 fully saturated rings. The first kappa shape index (κ1) is 8.84. The lowest BCUT2D eigenvalue weighted by Crippen LogP contribution is -2.13. The summed E-state index contributed by atoms with van der Waals surface area (Å²) in [7, 11) is 0. The highest BCUT2D eigenvalue weighted by atomic mass is 16.5. The fourth-order valence-electron chi connectivity index (χ4n) is 1.00. The molecule has 1 heterocycles. The van der Waals surface area contributed by atoms with Gasteiger partial charge in [0.2, 0.25) is 0 Å². The minimum atomic E-state index is -0.336. The minimum absolute atomic E-state index is 0.307. The van der Waals surface area contributed by atoms with E-state index in [2.05, 4.69) is 0 Å². The van der Waals surface area contributed by atoms with Crippen LogP contribution < -0.4 is 5.73 Å². The van der Waals surface area contributed by atoms with E-state index in [0.29, 0.717) is 11.3 Å². The first-order valence-electron chi connectivity index (χ1n) is 4.00. The van der Waals surface area contributed by atoms with Gasteiger partial charge in [-0.25, -0.2) is 4.79 Å². The molecule has 12 heavy (non-hydrogen) atoms. The fraction of sp³-hybridized carbons (Fsp3) is 0.444. The van der Waals surface area contributed by atoms with E-state index in [-0.39, 0.29) is 12.1 Å². The molecule has 66 valence electrons. The summed E-state index contributed by atoms with van der Waals surface area (Å²) >= 11 is 0. The number of cyclic esters (lactones) is 1. The van der Waals surface area contributed by atoms with Crippen molar-refractivity contribution >= 4 is 5.97 Å². The number of hydrogen-bond acceptors (Lipinski definition) is 3. The number of carbonyl (C=O) groups excluding carboxylic acids is 1. The summed E-state index contributed by atoms with van der Waals surface area (Å²) in [5.74, 6) is -0.307. The van der Waals surface area contributed by atoms with Crippen LogP contribution in [0.15, 0.2) is 23.4 Å². The zero-order chi connectivity index (χ0) is 9.14. The number of allylic oxidation sites excluding steroid dienone is 1. The predicted molar refractivity (Wildman–Crippen MR) is 46.2 cm³/mol. The lowest BCUT2D eigenvalue weighted by Gasteiger charge is -2.04. The Balaban J connectivity index is 2.73. The van der Waals surface area contributed by atoms with Gasteiger partial charge in [0.15, 0.2) is 6.10 Å². The van der Waals surface area contributed by atoms with Crippen LogP contribution in [0.4, 0.5) is 0 Å². The molecule has 0 spiro atoms. The zero-order valence-electron chi connectivity index (χ0n) is 7.33. The molecule has 1 aliphatic rings. The van der Waals surface area contributed by atoms with Crippen molar-refractivity contribution in [1.29, 1.82) is 0 Å². The molecule has 0 aromatic heterocycles.